The lowest BCUT2D eigenvalue weighted by Crippen LogP contribution is -2.08. The highest BCUT2D eigenvalue weighted by molar-refractivity contribution is 5.52. The fraction of sp³-hybridized carbons (Fsp3) is 0.333. The number of benzene rings is 1. The number of nitrogens with one attached hydrogen (secondary N) is 1. The highest BCUT2D eigenvalue weighted by atomic mass is 14.9. The van der Waals surface area contributed by atoms with Crippen LogP contribution in [0.1, 0.15) is 25.3 Å². The van der Waals surface area contributed by atoms with E-state index >= 15 is 0 Å². The number of rotatable bonds is 3. The van der Waals surface area contributed by atoms with Gasteiger partial charge < -0.3 is 5.32 Å². The van der Waals surface area contributed by atoms with Crippen LogP contribution in [0.25, 0.3) is 0 Å². The van der Waals surface area contributed by atoms with E-state index in [1.54, 1.807) is 0 Å². The van der Waals surface area contributed by atoms with Gasteiger partial charge in [-0.05, 0) is 43.9 Å². The number of para-hydroxylation sites is 1. The number of anilines is 1. The molecular weight excluding hydrogens is 194 g/mol. The second-order valence-corrected chi connectivity index (χ2v) is 4.36. The maximum atomic E-state index is 3.50. The summed E-state index contributed by atoms with van der Waals surface area (Å²) in [4.78, 5) is 0. The maximum absolute atomic E-state index is 3.50. The Morgan fingerprint density at radius 1 is 1.06 bits per heavy atom. The maximum Gasteiger partial charge on any atom is 0.0400 e. The van der Waals surface area contributed by atoms with Gasteiger partial charge in [-0.25, -0.2) is 0 Å². The first kappa shape index (κ1) is 11.0. The molecule has 0 bridgehead atoms. The number of hydrogen-bond donors (Lipinski definition) is 1. The van der Waals surface area contributed by atoms with Gasteiger partial charge in [0.1, 0.15) is 0 Å². The van der Waals surface area contributed by atoms with Gasteiger partial charge >= 0.3 is 0 Å². The van der Waals surface area contributed by atoms with Crippen LogP contribution in [0.15, 0.2) is 47.6 Å². The van der Waals surface area contributed by atoms with Gasteiger partial charge in [-0.2, -0.15) is 0 Å². The zero-order valence-electron chi connectivity index (χ0n) is 10.1. The van der Waals surface area contributed by atoms with Crippen molar-refractivity contribution in [2.45, 2.75) is 26.7 Å². The molecule has 0 aromatic heterocycles. The predicted molar refractivity (Wildman–Crippen MR) is 70.7 cm³/mol. The van der Waals surface area contributed by atoms with Gasteiger partial charge in [0.05, 0.1) is 0 Å². The van der Waals surface area contributed by atoms with Crippen molar-refractivity contribution < 1.29 is 0 Å². The second kappa shape index (κ2) is 5.02. The van der Waals surface area contributed by atoms with E-state index in [1.807, 2.05) is 0 Å². The standard InChI is InChI=1S/C15H19N/c1-12-7-3-5-9-14(12)11-16-15-10-6-4-8-13(15)2/h4,6-10,16H,3,5,11H2,1-2H3. The van der Waals surface area contributed by atoms with Gasteiger partial charge in [-0.15, -0.1) is 0 Å². The van der Waals surface area contributed by atoms with Crippen LogP contribution in [-0.2, 0) is 0 Å². The molecule has 16 heavy (non-hydrogen) atoms. The average molecular weight is 213 g/mol. The summed E-state index contributed by atoms with van der Waals surface area (Å²) in [6.07, 6.45) is 7.05. The van der Waals surface area contributed by atoms with Crippen LogP contribution in [0, 0.1) is 6.92 Å². The molecule has 0 atom stereocenters. The summed E-state index contributed by atoms with van der Waals surface area (Å²) in [5.41, 5.74) is 5.41. The minimum Gasteiger partial charge on any atom is -0.381 e. The van der Waals surface area contributed by atoms with E-state index in [1.165, 1.54) is 35.2 Å². The highest BCUT2D eigenvalue weighted by Gasteiger charge is 2.04. The Morgan fingerprint density at radius 3 is 2.56 bits per heavy atom. The van der Waals surface area contributed by atoms with E-state index in [4.69, 9.17) is 0 Å². The molecule has 1 aromatic carbocycles. The topological polar surface area (TPSA) is 12.0 Å². The number of aryl methyl sites for hydroxylation is 1. The first-order chi connectivity index (χ1) is 7.77. The molecule has 0 unspecified atom stereocenters. The quantitative estimate of drug-likeness (QED) is 0.798. The molecule has 1 nitrogen and oxygen atoms in total. The van der Waals surface area contributed by atoms with Crippen molar-refractivity contribution in [3.63, 3.8) is 0 Å². The third-order valence-electron chi connectivity index (χ3n) is 3.13. The highest BCUT2D eigenvalue weighted by Crippen LogP contribution is 2.20. The molecule has 2 rings (SSSR count). The summed E-state index contributed by atoms with van der Waals surface area (Å²) >= 11 is 0. The molecule has 1 N–H and O–H groups in total. The van der Waals surface area contributed by atoms with Crippen LogP contribution >= 0.6 is 0 Å². The van der Waals surface area contributed by atoms with E-state index in [9.17, 15) is 0 Å². The third-order valence-corrected chi connectivity index (χ3v) is 3.13. The van der Waals surface area contributed by atoms with Crippen LogP contribution in [0.3, 0.4) is 0 Å². The van der Waals surface area contributed by atoms with Crippen molar-refractivity contribution in [3.8, 4) is 0 Å². The van der Waals surface area contributed by atoms with Gasteiger partial charge in [0, 0.05) is 12.2 Å². The largest absolute Gasteiger partial charge is 0.381 e. The molecule has 1 aromatic rings. The van der Waals surface area contributed by atoms with E-state index in [2.05, 4.69) is 55.6 Å². The van der Waals surface area contributed by atoms with E-state index in [0.29, 0.717) is 0 Å². The molecule has 0 saturated carbocycles. The summed E-state index contributed by atoms with van der Waals surface area (Å²) in [7, 11) is 0. The average Bonchev–Trinajstić information content (AvgIpc) is 2.30. The van der Waals surface area contributed by atoms with Crippen LogP contribution in [-0.4, -0.2) is 6.54 Å². The Balaban J connectivity index is 2.00. The fourth-order valence-electron chi connectivity index (χ4n) is 2.02. The third kappa shape index (κ3) is 2.54. The second-order valence-electron chi connectivity index (χ2n) is 4.36. The lowest BCUT2D eigenvalue weighted by Gasteiger charge is -2.15. The van der Waals surface area contributed by atoms with Crippen LogP contribution in [0.2, 0.25) is 0 Å². The Kier molecular flexibility index (Phi) is 3.45. The molecule has 0 aliphatic heterocycles. The van der Waals surface area contributed by atoms with Crippen LogP contribution in [0.5, 0.6) is 0 Å². The van der Waals surface area contributed by atoms with Crippen LogP contribution in [0.4, 0.5) is 5.69 Å². The Bertz CT molecular complexity index is 427. The minimum absolute atomic E-state index is 0.938. The number of hydrogen-bond acceptors (Lipinski definition) is 1. The van der Waals surface area contributed by atoms with Gasteiger partial charge in [0.2, 0.25) is 0 Å². The Hall–Kier alpha value is -1.50. The smallest absolute Gasteiger partial charge is 0.0400 e. The Labute approximate surface area is 97.9 Å². The van der Waals surface area contributed by atoms with Crippen molar-refractivity contribution in [3.05, 3.63) is 53.1 Å². The Morgan fingerprint density at radius 2 is 1.81 bits per heavy atom. The summed E-state index contributed by atoms with van der Waals surface area (Å²) in [5, 5.41) is 3.50. The predicted octanol–water partition coefficient (Wildman–Crippen LogP) is 4.07. The lowest BCUT2D eigenvalue weighted by atomic mass is 9.99. The molecule has 0 heterocycles. The van der Waals surface area contributed by atoms with Crippen molar-refractivity contribution in [1.82, 2.24) is 0 Å². The molecule has 0 radical (unpaired) electrons. The van der Waals surface area contributed by atoms with Gasteiger partial charge in [-0.3, -0.25) is 0 Å². The van der Waals surface area contributed by atoms with E-state index < -0.39 is 0 Å². The molecule has 84 valence electrons. The first-order valence-corrected chi connectivity index (χ1v) is 5.93. The van der Waals surface area contributed by atoms with Gasteiger partial charge in [0.25, 0.3) is 0 Å². The fourth-order valence-corrected chi connectivity index (χ4v) is 2.02. The van der Waals surface area contributed by atoms with Gasteiger partial charge in [0.15, 0.2) is 0 Å². The van der Waals surface area contributed by atoms with E-state index in [0.717, 1.165) is 6.54 Å². The molecular formula is C15H19N. The SMILES string of the molecule is CC1=CCCC=C1CNc1ccccc1C. The van der Waals surface area contributed by atoms with E-state index in [-0.39, 0.29) is 0 Å². The van der Waals surface area contributed by atoms with Crippen molar-refractivity contribution in [2.75, 3.05) is 11.9 Å². The van der Waals surface area contributed by atoms with Gasteiger partial charge in [-0.1, -0.05) is 35.9 Å². The molecule has 1 aliphatic rings. The lowest BCUT2D eigenvalue weighted by molar-refractivity contribution is 0.975. The zero-order valence-corrected chi connectivity index (χ0v) is 10.1. The summed E-state index contributed by atoms with van der Waals surface area (Å²) in [5.74, 6) is 0. The van der Waals surface area contributed by atoms with Crippen molar-refractivity contribution >= 4 is 5.69 Å². The van der Waals surface area contributed by atoms with Crippen molar-refractivity contribution in [2.24, 2.45) is 0 Å². The molecule has 0 saturated heterocycles. The zero-order chi connectivity index (χ0) is 11.4. The molecule has 0 fully saturated rings. The summed E-state index contributed by atoms with van der Waals surface area (Å²) < 4.78 is 0. The monoisotopic (exact) mass is 213 g/mol. The first-order valence-electron chi connectivity index (χ1n) is 5.93. The molecule has 0 spiro atoms. The van der Waals surface area contributed by atoms with Crippen molar-refractivity contribution in [1.29, 1.82) is 0 Å². The van der Waals surface area contributed by atoms with Crippen LogP contribution < -0.4 is 5.32 Å². The minimum atomic E-state index is 0.938. The summed E-state index contributed by atoms with van der Waals surface area (Å²) in [6.45, 7) is 5.28. The summed E-state index contributed by atoms with van der Waals surface area (Å²) in [6, 6.07) is 8.43. The molecule has 1 heteroatoms. The normalized spacial score (nSPS) is 15.4. The molecule has 1 aliphatic carbocycles. The molecule has 0 amide bonds. The number of allylic oxidation sites excluding steroid dienone is 2.